The van der Waals surface area contributed by atoms with Gasteiger partial charge in [-0.25, -0.2) is 0 Å². The van der Waals surface area contributed by atoms with Crippen LogP contribution in [0.1, 0.15) is 40.0 Å². The minimum Gasteiger partial charge on any atom is -0.355 e. The van der Waals surface area contributed by atoms with Crippen LogP contribution in [0, 0.1) is 5.92 Å². The topological polar surface area (TPSA) is 41.1 Å². The van der Waals surface area contributed by atoms with Crippen LogP contribution in [0.2, 0.25) is 0 Å². The second-order valence-corrected chi connectivity index (χ2v) is 5.00. The Kier molecular flexibility index (Phi) is 5.53. The Bertz CT molecular complexity index is 240. The molecule has 0 aromatic heterocycles. The van der Waals surface area contributed by atoms with Gasteiger partial charge in [0, 0.05) is 12.6 Å². The van der Waals surface area contributed by atoms with E-state index < -0.39 is 0 Å². The predicted molar refractivity (Wildman–Crippen MR) is 67.2 cm³/mol. The van der Waals surface area contributed by atoms with E-state index in [1.165, 1.54) is 0 Å². The van der Waals surface area contributed by atoms with E-state index in [0.717, 1.165) is 25.8 Å². The molecule has 0 bridgehead atoms. The largest absolute Gasteiger partial charge is 0.355 e. The molecule has 92 valence electrons. The molecule has 16 heavy (non-hydrogen) atoms. The lowest BCUT2D eigenvalue weighted by atomic mass is 10.1. The summed E-state index contributed by atoms with van der Waals surface area (Å²) in [5.41, 5.74) is 0. The van der Waals surface area contributed by atoms with Crippen LogP contribution in [0.25, 0.3) is 0 Å². The highest BCUT2D eigenvalue weighted by Crippen LogP contribution is 2.09. The van der Waals surface area contributed by atoms with Gasteiger partial charge in [-0.3, -0.25) is 4.79 Å². The molecular formula is C13H24N2O. The number of nitrogens with one attached hydrogen (secondary N) is 2. The molecule has 1 aliphatic carbocycles. The third-order valence-corrected chi connectivity index (χ3v) is 2.91. The molecule has 0 radical (unpaired) electrons. The van der Waals surface area contributed by atoms with Crippen molar-refractivity contribution in [2.45, 2.75) is 52.1 Å². The lowest BCUT2D eigenvalue weighted by Crippen LogP contribution is -2.46. The first-order valence-electron chi connectivity index (χ1n) is 6.28. The summed E-state index contributed by atoms with van der Waals surface area (Å²) in [4.78, 5) is 11.7. The average molecular weight is 224 g/mol. The van der Waals surface area contributed by atoms with Gasteiger partial charge in [0.2, 0.25) is 5.91 Å². The van der Waals surface area contributed by atoms with Gasteiger partial charge in [-0.15, -0.1) is 0 Å². The molecule has 3 nitrogen and oxygen atoms in total. The van der Waals surface area contributed by atoms with Crippen molar-refractivity contribution in [1.82, 2.24) is 10.6 Å². The Hall–Kier alpha value is -0.830. The standard InChI is InChI=1S/C13H24N2O/c1-10(2)8-9-14-13(16)11(3)15-12-6-4-5-7-12/h4-5,10-12,15H,6-9H2,1-3H3,(H,14,16). The van der Waals surface area contributed by atoms with Gasteiger partial charge in [-0.1, -0.05) is 26.0 Å². The fourth-order valence-electron chi connectivity index (χ4n) is 1.82. The van der Waals surface area contributed by atoms with E-state index in [4.69, 9.17) is 0 Å². The molecular weight excluding hydrogens is 200 g/mol. The normalized spacial score (nSPS) is 18.0. The van der Waals surface area contributed by atoms with E-state index in [1.807, 2.05) is 6.92 Å². The highest BCUT2D eigenvalue weighted by molar-refractivity contribution is 5.81. The molecule has 0 fully saturated rings. The molecule has 0 saturated heterocycles. The summed E-state index contributed by atoms with van der Waals surface area (Å²) in [5, 5.41) is 6.31. The van der Waals surface area contributed by atoms with Crippen LogP contribution in [-0.4, -0.2) is 24.5 Å². The molecule has 1 atom stereocenters. The maximum atomic E-state index is 11.7. The van der Waals surface area contributed by atoms with Crippen LogP contribution in [0.4, 0.5) is 0 Å². The summed E-state index contributed by atoms with van der Waals surface area (Å²) in [7, 11) is 0. The van der Waals surface area contributed by atoms with Gasteiger partial charge in [0.1, 0.15) is 0 Å². The number of rotatable bonds is 6. The summed E-state index contributed by atoms with van der Waals surface area (Å²) < 4.78 is 0. The monoisotopic (exact) mass is 224 g/mol. The van der Waals surface area contributed by atoms with Gasteiger partial charge in [-0.2, -0.15) is 0 Å². The zero-order valence-electron chi connectivity index (χ0n) is 10.6. The molecule has 1 amide bonds. The predicted octanol–water partition coefficient (Wildman–Crippen LogP) is 1.85. The summed E-state index contributed by atoms with van der Waals surface area (Å²) in [6, 6.07) is 0.364. The van der Waals surface area contributed by atoms with Crippen molar-refractivity contribution in [2.75, 3.05) is 6.54 Å². The van der Waals surface area contributed by atoms with E-state index in [-0.39, 0.29) is 11.9 Å². The lowest BCUT2D eigenvalue weighted by Gasteiger charge is -2.19. The minimum atomic E-state index is -0.0861. The van der Waals surface area contributed by atoms with E-state index in [9.17, 15) is 4.79 Å². The quantitative estimate of drug-likeness (QED) is 0.676. The highest BCUT2D eigenvalue weighted by atomic mass is 16.2. The maximum Gasteiger partial charge on any atom is 0.236 e. The van der Waals surface area contributed by atoms with Gasteiger partial charge in [0.25, 0.3) is 0 Å². The fraction of sp³-hybridized carbons (Fsp3) is 0.769. The SMILES string of the molecule is CC(C)CCNC(=O)C(C)NC1CC=CC1. The summed E-state index contributed by atoms with van der Waals surface area (Å²) >= 11 is 0. The molecule has 0 aromatic rings. The number of carbonyl (C=O) groups excluding carboxylic acids is 1. The van der Waals surface area contributed by atoms with Gasteiger partial charge < -0.3 is 10.6 Å². The third kappa shape index (κ3) is 4.79. The van der Waals surface area contributed by atoms with Gasteiger partial charge >= 0.3 is 0 Å². The smallest absolute Gasteiger partial charge is 0.236 e. The van der Waals surface area contributed by atoms with Crippen LogP contribution in [-0.2, 0) is 4.79 Å². The van der Waals surface area contributed by atoms with Crippen LogP contribution < -0.4 is 10.6 Å². The molecule has 2 N–H and O–H groups in total. The number of carbonyl (C=O) groups is 1. The number of hydrogen-bond donors (Lipinski definition) is 2. The van der Waals surface area contributed by atoms with Crippen molar-refractivity contribution >= 4 is 5.91 Å². The molecule has 0 saturated carbocycles. The third-order valence-electron chi connectivity index (χ3n) is 2.91. The summed E-state index contributed by atoms with van der Waals surface area (Å²) in [5.74, 6) is 0.759. The van der Waals surface area contributed by atoms with Crippen LogP contribution in [0.5, 0.6) is 0 Å². The number of amides is 1. The molecule has 0 spiro atoms. The first-order valence-corrected chi connectivity index (χ1v) is 6.28. The Morgan fingerprint density at radius 3 is 2.50 bits per heavy atom. The van der Waals surface area contributed by atoms with Crippen molar-refractivity contribution in [3.8, 4) is 0 Å². The Labute approximate surface area is 98.7 Å². The average Bonchev–Trinajstić information content (AvgIpc) is 2.69. The van der Waals surface area contributed by atoms with Crippen molar-refractivity contribution < 1.29 is 4.79 Å². The van der Waals surface area contributed by atoms with Crippen molar-refractivity contribution in [3.63, 3.8) is 0 Å². The molecule has 0 aliphatic heterocycles. The Morgan fingerprint density at radius 2 is 1.94 bits per heavy atom. The van der Waals surface area contributed by atoms with Gasteiger partial charge in [-0.05, 0) is 32.1 Å². The van der Waals surface area contributed by atoms with E-state index in [2.05, 4.69) is 36.6 Å². The summed E-state index contributed by atoms with van der Waals surface area (Å²) in [6.45, 7) is 7.05. The van der Waals surface area contributed by atoms with Gasteiger partial charge in [0.05, 0.1) is 6.04 Å². The molecule has 1 unspecified atom stereocenters. The summed E-state index contributed by atoms with van der Waals surface area (Å²) in [6.07, 6.45) is 7.47. The molecule has 3 heteroatoms. The van der Waals surface area contributed by atoms with Crippen molar-refractivity contribution in [3.05, 3.63) is 12.2 Å². The second kappa shape index (κ2) is 6.69. The lowest BCUT2D eigenvalue weighted by molar-refractivity contribution is -0.122. The fourth-order valence-corrected chi connectivity index (χ4v) is 1.82. The van der Waals surface area contributed by atoms with E-state index in [1.54, 1.807) is 0 Å². The number of hydrogen-bond acceptors (Lipinski definition) is 2. The van der Waals surface area contributed by atoms with Gasteiger partial charge in [0.15, 0.2) is 0 Å². The van der Waals surface area contributed by atoms with Crippen LogP contribution in [0.3, 0.4) is 0 Å². The maximum absolute atomic E-state index is 11.7. The zero-order chi connectivity index (χ0) is 12.0. The van der Waals surface area contributed by atoms with Crippen molar-refractivity contribution in [2.24, 2.45) is 5.92 Å². The highest BCUT2D eigenvalue weighted by Gasteiger charge is 2.17. The first kappa shape index (κ1) is 13.2. The van der Waals surface area contributed by atoms with Crippen molar-refractivity contribution in [1.29, 1.82) is 0 Å². The minimum absolute atomic E-state index is 0.0861. The van der Waals surface area contributed by atoms with Crippen LogP contribution in [0.15, 0.2) is 12.2 Å². The Morgan fingerprint density at radius 1 is 1.31 bits per heavy atom. The molecule has 1 aliphatic rings. The van der Waals surface area contributed by atoms with E-state index in [0.29, 0.717) is 12.0 Å². The molecule has 0 heterocycles. The Balaban J connectivity index is 2.14. The first-order chi connectivity index (χ1) is 7.59. The van der Waals surface area contributed by atoms with E-state index >= 15 is 0 Å². The zero-order valence-corrected chi connectivity index (χ0v) is 10.6. The van der Waals surface area contributed by atoms with Crippen LogP contribution >= 0.6 is 0 Å². The molecule has 1 rings (SSSR count). The second-order valence-electron chi connectivity index (χ2n) is 5.00. The molecule has 0 aromatic carbocycles.